The molecule has 1 aliphatic heterocycles. The van der Waals surface area contributed by atoms with Crippen LogP contribution in [-0.4, -0.2) is 47.3 Å². The zero-order valence-corrected chi connectivity index (χ0v) is 24.0. The highest BCUT2D eigenvalue weighted by Gasteiger charge is 2.51. The molecule has 6 nitrogen and oxygen atoms in total. The number of nitrogens with zero attached hydrogens (tertiary/aromatic N) is 1. The lowest BCUT2D eigenvalue weighted by molar-refractivity contribution is -0.160. The van der Waals surface area contributed by atoms with E-state index in [1.807, 2.05) is 44.2 Å². The molecule has 1 heterocycles. The minimum absolute atomic E-state index is 0.0578. The zero-order chi connectivity index (χ0) is 27.5. The summed E-state index contributed by atoms with van der Waals surface area (Å²) < 4.78 is 25.6. The van der Waals surface area contributed by atoms with Crippen LogP contribution in [0.3, 0.4) is 0 Å². The highest BCUT2D eigenvalue weighted by atomic mass is 35.5. The van der Waals surface area contributed by atoms with Gasteiger partial charge in [0.05, 0.1) is 28.9 Å². The normalized spacial score (nSPS) is 24.1. The van der Waals surface area contributed by atoms with Gasteiger partial charge < -0.3 is 10.0 Å². The second kappa shape index (κ2) is 11.7. The van der Waals surface area contributed by atoms with E-state index in [1.54, 1.807) is 36.9 Å². The zero-order valence-electron chi connectivity index (χ0n) is 21.7. The molecule has 0 bridgehead atoms. The molecule has 1 N–H and O–H groups in total. The Morgan fingerprint density at radius 2 is 1.76 bits per heavy atom. The van der Waals surface area contributed by atoms with E-state index < -0.39 is 38.6 Å². The summed E-state index contributed by atoms with van der Waals surface area (Å²) in [6.45, 7) is 7.06. The van der Waals surface area contributed by atoms with Crippen LogP contribution in [0.1, 0.15) is 76.5 Å². The van der Waals surface area contributed by atoms with Crippen molar-refractivity contribution in [3.8, 4) is 0 Å². The van der Waals surface area contributed by atoms with Crippen molar-refractivity contribution in [1.29, 1.82) is 0 Å². The van der Waals surface area contributed by atoms with Crippen LogP contribution in [0.4, 0.5) is 0 Å². The average molecular weight is 569 g/mol. The first kappa shape index (κ1) is 29.5. The molecule has 1 amide bonds. The number of carbonyl (C=O) groups excluding carboxylic acids is 1. The summed E-state index contributed by atoms with van der Waals surface area (Å²) in [5, 5.41) is 10.3. The molecule has 2 aromatic rings. The lowest BCUT2D eigenvalue weighted by Gasteiger charge is -2.51. The maximum Gasteiger partial charge on any atom is 0.304 e. The molecule has 5 atom stereocenters. The number of amides is 1. The average Bonchev–Trinajstić information content (AvgIpc) is 2.83. The van der Waals surface area contributed by atoms with E-state index in [0.717, 1.165) is 11.1 Å². The van der Waals surface area contributed by atoms with Crippen molar-refractivity contribution in [3.63, 3.8) is 0 Å². The third-order valence-electron chi connectivity index (χ3n) is 7.61. The minimum atomic E-state index is -3.34. The number of carboxylic acid groups (broad SMARTS) is 1. The summed E-state index contributed by atoms with van der Waals surface area (Å²) >= 11 is 12.5. The third kappa shape index (κ3) is 6.68. The number of hydrogen-bond acceptors (Lipinski definition) is 4. The van der Waals surface area contributed by atoms with Gasteiger partial charge >= 0.3 is 5.97 Å². The first-order valence-corrected chi connectivity index (χ1v) is 15.0. The predicted octanol–water partition coefficient (Wildman–Crippen LogP) is 6.52. The third-order valence-corrected chi connectivity index (χ3v) is 10.5. The maximum absolute atomic E-state index is 14.1. The molecule has 1 aliphatic rings. The second-order valence-electron chi connectivity index (χ2n) is 10.4. The molecule has 9 heteroatoms. The number of likely N-dealkylation sites (tertiary alicyclic amines) is 1. The van der Waals surface area contributed by atoms with Gasteiger partial charge in [0.25, 0.3) is 0 Å². The number of rotatable bonds is 10. The Balaban J connectivity index is 2.14. The minimum Gasteiger partial charge on any atom is -0.481 e. The Morgan fingerprint density at radius 3 is 2.32 bits per heavy atom. The van der Waals surface area contributed by atoms with E-state index in [9.17, 15) is 23.1 Å². The van der Waals surface area contributed by atoms with E-state index >= 15 is 0 Å². The summed E-state index contributed by atoms with van der Waals surface area (Å²) in [5.74, 6) is -1.67. The van der Waals surface area contributed by atoms with Gasteiger partial charge in [-0.05, 0) is 68.5 Å². The van der Waals surface area contributed by atoms with Gasteiger partial charge in [-0.2, -0.15) is 0 Å². The van der Waals surface area contributed by atoms with Gasteiger partial charge in [-0.1, -0.05) is 61.3 Å². The van der Waals surface area contributed by atoms with E-state index in [4.69, 9.17) is 23.2 Å². The topological polar surface area (TPSA) is 91.8 Å². The SMILES string of the molecule is CC[C@@H](C)S(=O)(=O)CC[C@H](C)N1C(=O)C(C)(CC(=O)O)CC(c2cccc(Cl)c2)C1c1ccc(Cl)cc1. The lowest BCUT2D eigenvalue weighted by Crippen LogP contribution is -2.55. The Morgan fingerprint density at radius 1 is 1.11 bits per heavy atom. The largest absolute Gasteiger partial charge is 0.481 e. The van der Waals surface area contributed by atoms with Crippen molar-refractivity contribution in [2.75, 3.05) is 5.75 Å². The Hall–Kier alpha value is -2.09. The monoisotopic (exact) mass is 567 g/mol. The summed E-state index contributed by atoms with van der Waals surface area (Å²) in [6.07, 6.45) is 0.735. The molecule has 0 aliphatic carbocycles. The highest BCUT2D eigenvalue weighted by Crippen LogP contribution is 2.52. The summed E-state index contributed by atoms with van der Waals surface area (Å²) in [7, 11) is -3.34. The molecule has 2 aromatic carbocycles. The van der Waals surface area contributed by atoms with Crippen LogP contribution < -0.4 is 0 Å². The van der Waals surface area contributed by atoms with E-state index in [-0.39, 0.29) is 30.4 Å². The Bertz CT molecular complexity index is 1230. The Kier molecular flexibility index (Phi) is 9.36. The molecule has 0 saturated carbocycles. The number of halogens is 2. The summed E-state index contributed by atoms with van der Waals surface area (Å²) in [4.78, 5) is 27.7. The fraction of sp³-hybridized carbons (Fsp3) is 0.500. The van der Waals surface area contributed by atoms with Gasteiger partial charge in [-0.25, -0.2) is 8.42 Å². The molecule has 0 spiro atoms. The Labute approximate surface area is 229 Å². The number of hydrogen-bond donors (Lipinski definition) is 1. The molecule has 1 fully saturated rings. The van der Waals surface area contributed by atoms with Crippen molar-refractivity contribution < 1.29 is 23.1 Å². The van der Waals surface area contributed by atoms with Crippen molar-refractivity contribution >= 4 is 44.9 Å². The molecular formula is C28H35Cl2NO5S. The van der Waals surface area contributed by atoms with Crippen molar-refractivity contribution in [2.45, 2.75) is 76.6 Å². The van der Waals surface area contributed by atoms with Gasteiger partial charge in [0, 0.05) is 22.0 Å². The maximum atomic E-state index is 14.1. The van der Waals surface area contributed by atoms with Crippen molar-refractivity contribution in [3.05, 3.63) is 69.7 Å². The second-order valence-corrected chi connectivity index (χ2v) is 13.8. The molecule has 0 radical (unpaired) electrons. The highest BCUT2D eigenvalue weighted by molar-refractivity contribution is 7.92. The molecule has 202 valence electrons. The number of piperidine rings is 1. The fourth-order valence-corrected chi connectivity index (χ4v) is 7.20. The number of benzene rings is 2. The number of carboxylic acids is 1. The first-order valence-electron chi connectivity index (χ1n) is 12.6. The quantitative estimate of drug-likeness (QED) is 0.352. The fourth-order valence-electron chi connectivity index (χ4n) is 5.29. The number of sulfone groups is 1. The lowest BCUT2D eigenvalue weighted by atomic mass is 9.67. The van der Waals surface area contributed by atoms with Crippen LogP contribution in [0.15, 0.2) is 48.5 Å². The number of aliphatic carboxylic acids is 1. The van der Waals surface area contributed by atoms with Crippen LogP contribution >= 0.6 is 23.2 Å². The van der Waals surface area contributed by atoms with Crippen LogP contribution in [-0.2, 0) is 19.4 Å². The van der Waals surface area contributed by atoms with Crippen molar-refractivity contribution in [1.82, 2.24) is 4.90 Å². The predicted molar refractivity (Wildman–Crippen MR) is 148 cm³/mol. The summed E-state index contributed by atoms with van der Waals surface area (Å²) in [6, 6.07) is 13.7. The van der Waals surface area contributed by atoms with Gasteiger partial charge in [0.15, 0.2) is 9.84 Å². The first-order chi connectivity index (χ1) is 17.3. The molecule has 0 aromatic heterocycles. The van der Waals surface area contributed by atoms with Gasteiger partial charge in [0.2, 0.25) is 5.91 Å². The van der Waals surface area contributed by atoms with Gasteiger partial charge in [-0.3, -0.25) is 9.59 Å². The van der Waals surface area contributed by atoms with Crippen LogP contribution in [0.25, 0.3) is 0 Å². The smallest absolute Gasteiger partial charge is 0.304 e. The van der Waals surface area contributed by atoms with Crippen LogP contribution in [0.2, 0.25) is 10.0 Å². The molecule has 3 rings (SSSR count). The van der Waals surface area contributed by atoms with Gasteiger partial charge in [0.1, 0.15) is 0 Å². The number of carbonyl (C=O) groups is 2. The van der Waals surface area contributed by atoms with Crippen LogP contribution in [0, 0.1) is 5.41 Å². The molecule has 1 saturated heterocycles. The van der Waals surface area contributed by atoms with E-state index in [0.29, 0.717) is 22.9 Å². The standard InChI is InChI=1S/C28H35Cl2NO5S/c1-5-19(3)37(35,36)14-13-18(2)31-26(20-9-11-22(29)12-10-20)24(21-7-6-8-23(30)15-21)16-28(4,27(31)34)17-25(32)33/h6-12,15,18-19,24,26H,5,13-14,16-17H2,1-4H3,(H,32,33)/t18-,19+,24?,26?,28?/m0/s1. The molecule has 37 heavy (non-hydrogen) atoms. The van der Waals surface area contributed by atoms with E-state index in [2.05, 4.69) is 0 Å². The molecular weight excluding hydrogens is 533 g/mol. The summed E-state index contributed by atoms with van der Waals surface area (Å²) in [5.41, 5.74) is 0.559. The van der Waals surface area contributed by atoms with Gasteiger partial charge in [-0.15, -0.1) is 0 Å². The van der Waals surface area contributed by atoms with E-state index in [1.165, 1.54) is 0 Å². The van der Waals surface area contributed by atoms with Crippen LogP contribution in [0.5, 0.6) is 0 Å². The molecule has 3 unspecified atom stereocenters. The van der Waals surface area contributed by atoms with Crippen molar-refractivity contribution in [2.24, 2.45) is 5.41 Å².